The van der Waals surface area contributed by atoms with E-state index in [2.05, 4.69) is 5.32 Å². The summed E-state index contributed by atoms with van der Waals surface area (Å²) < 4.78 is 10.6. The first-order chi connectivity index (χ1) is 11.7. The lowest BCUT2D eigenvalue weighted by Crippen LogP contribution is -2.34. The van der Waals surface area contributed by atoms with Crippen molar-refractivity contribution in [2.24, 2.45) is 0 Å². The van der Waals surface area contributed by atoms with Gasteiger partial charge in [-0.15, -0.1) is 0 Å². The van der Waals surface area contributed by atoms with Gasteiger partial charge in [-0.1, -0.05) is 18.6 Å². The van der Waals surface area contributed by atoms with Crippen LogP contribution < -0.4 is 14.8 Å². The molecule has 1 heterocycles. The highest BCUT2D eigenvalue weighted by Gasteiger charge is 2.17. The van der Waals surface area contributed by atoms with Crippen molar-refractivity contribution >= 4 is 11.8 Å². The molecular formula is C18H26N2O4. The summed E-state index contributed by atoms with van der Waals surface area (Å²) in [6.45, 7) is 1.61. The molecule has 0 bridgehead atoms. The molecule has 1 aromatic carbocycles. The zero-order valence-corrected chi connectivity index (χ0v) is 14.5. The number of nitrogens with zero attached hydrogens (tertiary/aromatic N) is 1. The summed E-state index contributed by atoms with van der Waals surface area (Å²) in [5.41, 5.74) is 0.857. The second-order valence-electron chi connectivity index (χ2n) is 5.87. The van der Waals surface area contributed by atoms with Gasteiger partial charge >= 0.3 is 0 Å². The third-order valence-corrected chi connectivity index (χ3v) is 4.24. The van der Waals surface area contributed by atoms with E-state index in [0.717, 1.165) is 31.4 Å². The fraction of sp³-hybridized carbons (Fsp3) is 0.556. The number of carbonyl (C=O) groups is 2. The SMILES string of the molecule is COc1cccc(CNC(=O)CCN2CCCCCC2=O)c1OC. The number of hydrogen-bond donors (Lipinski definition) is 1. The number of rotatable bonds is 7. The molecule has 1 aliphatic heterocycles. The van der Waals surface area contributed by atoms with E-state index in [9.17, 15) is 9.59 Å². The van der Waals surface area contributed by atoms with Crippen molar-refractivity contribution < 1.29 is 19.1 Å². The maximum atomic E-state index is 12.1. The first kappa shape index (κ1) is 18.1. The maximum absolute atomic E-state index is 12.1. The van der Waals surface area contributed by atoms with Crippen LogP contribution in [-0.2, 0) is 16.1 Å². The number of benzene rings is 1. The lowest BCUT2D eigenvalue weighted by molar-refractivity contribution is -0.131. The van der Waals surface area contributed by atoms with Crippen LogP contribution in [0.3, 0.4) is 0 Å². The Morgan fingerprint density at radius 3 is 2.79 bits per heavy atom. The van der Waals surface area contributed by atoms with E-state index in [4.69, 9.17) is 9.47 Å². The lowest BCUT2D eigenvalue weighted by Gasteiger charge is -2.20. The zero-order chi connectivity index (χ0) is 17.4. The van der Waals surface area contributed by atoms with Crippen molar-refractivity contribution in [1.29, 1.82) is 0 Å². The minimum atomic E-state index is -0.0723. The minimum Gasteiger partial charge on any atom is -0.493 e. The fourth-order valence-electron chi connectivity index (χ4n) is 2.89. The van der Waals surface area contributed by atoms with Gasteiger partial charge in [0.15, 0.2) is 11.5 Å². The predicted octanol–water partition coefficient (Wildman–Crippen LogP) is 2.11. The van der Waals surface area contributed by atoms with Crippen molar-refractivity contribution in [3.63, 3.8) is 0 Å². The molecular weight excluding hydrogens is 308 g/mol. The number of carbonyl (C=O) groups excluding carboxylic acids is 2. The van der Waals surface area contributed by atoms with Crippen LogP contribution in [0.4, 0.5) is 0 Å². The number of hydrogen-bond acceptors (Lipinski definition) is 4. The molecule has 1 fully saturated rings. The summed E-state index contributed by atoms with van der Waals surface area (Å²) in [5, 5.41) is 2.88. The van der Waals surface area contributed by atoms with Crippen LogP contribution in [0.25, 0.3) is 0 Å². The summed E-state index contributed by atoms with van der Waals surface area (Å²) in [7, 11) is 3.16. The molecule has 0 unspecified atom stereocenters. The molecule has 0 aliphatic carbocycles. The van der Waals surface area contributed by atoms with Crippen LogP contribution in [0.5, 0.6) is 11.5 Å². The molecule has 24 heavy (non-hydrogen) atoms. The highest BCUT2D eigenvalue weighted by Crippen LogP contribution is 2.30. The van der Waals surface area contributed by atoms with Gasteiger partial charge in [-0.3, -0.25) is 9.59 Å². The molecule has 0 spiro atoms. The van der Waals surface area contributed by atoms with E-state index >= 15 is 0 Å². The molecule has 1 saturated heterocycles. The summed E-state index contributed by atoms with van der Waals surface area (Å²) in [6, 6.07) is 5.56. The Balaban J connectivity index is 1.84. The van der Waals surface area contributed by atoms with Gasteiger partial charge in [0, 0.05) is 38.0 Å². The van der Waals surface area contributed by atoms with Crippen molar-refractivity contribution in [3.8, 4) is 11.5 Å². The van der Waals surface area contributed by atoms with E-state index in [1.165, 1.54) is 0 Å². The Hall–Kier alpha value is -2.24. The molecule has 1 aromatic rings. The van der Waals surface area contributed by atoms with Crippen LogP contribution >= 0.6 is 0 Å². The summed E-state index contributed by atoms with van der Waals surface area (Å²) >= 11 is 0. The molecule has 0 radical (unpaired) electrons. The molecule has 0 aromatic heterocycles. The van der Waals surface area contributed by atoms with Gasteiger partial charge in [0.25, 0.3) is 0 Å². The van der Waals surface area contributed by atoms with E-state index < -0.39 is 0 Å². The van der Waals surface area contributed by atoms with Crippen LogP contribution in [0.2, 0.25) is 0 Å². The second-order valence-corrected chi connectivity index (χ2v) is 5.87. The lowest BCUT2D eigenvalue weighted by atomic mass is 10.2. The quantitative estimate of drug-likeness (QED) is 0.829. The van der Waals surface area contributed by atoms with Crippen LogP contribution in [0.15, 0.2) is 18.2 Å². The van der Waals surface area contributed by atoms with Crippen LogP contribution in [0, 0.1) is 0 Å². The number of amides is 2. The van der Waals surface area contributed by atoms with Gasteiger partial charge in [0.1, 0.15) is 0 Å². The molecule has 1 N–H and O–H groups in total. The van der Waals surface area contributed by atoms with Gasteiger partial charge in [-0.05, 0) is 18.9 Å². The van der Waals surface area contributed by atoms with Gasteiger partial charge in [-0.2, -0.15) is 0 Å². The van der Waals surface area contributed by atoms with E-state index in [0.29, 0.717) is 37.4 Å². The minimum absolute atomic E-state index is 0.0723. The van der Waals surface area contributed by atoms with Gasteiger partial charge < -0.3 is 19.7 Å². The maximum Gasteiger partial charge on any atom is 0.222 e. The topological polar surface area (TPSA) is 67.9 Å². The van der Waals surface area contributed by atoms with E-state index in [-0.39, 0.29) is 11.8 Å². The number of para-hydroxylation sites is 1. The van der Waals surface area contributed by atoms with Gasteiger partial charge in [0.05, 0.1) is 14.2 Å². The van der Waals surface area contributed by atoms with Crippen LogP contribution in [-0.4, -0.2) is 44.0 Å². The van der Waals surface area contributed by atoms with Crippen LogP contribution in [0.1, 0.15) is 37.7 Å². The second kappa shape index (κ2) is 9.15. The number of ether oxygens (including phenoxy) is 2. The predicted molar refractivity (Wildman–Crippen MR) is 91.1 cm³/mol. The normalized spacial score (nSPS) is 14.9. The molecule has 6 nitrogen and oxygen atoms in total. The highest BCUT2D eigenvalue weighted by atomic mass is 16.5. The Kier molecular flexibility index (Phi) is 6.90. The molecule has 6 heteroatoms. The third kappa shape index (κ3) is 4.88. The van der Waals surface area contributed by atoms with Gasteiger partial charge in [-0.25, -0.2) is 0 Å². The number of nitrogens with one attached hydrogen (secondary N) is 1. The molecule has 2 rings (SSSR count). The molecule has 132 valence electrons. The third-order valence-electron chi connectivity index (χ3n) is 4.24. The van der Waals surface area contributed by atoms with E-state index in [1.807, 2.05) is 18.2 Å². The van der Waals surface area contributed by atoms with Crippen molar-refractivity contribution in [1.82, 2.24) is 10.2 Å². The number of methoxy groups -OCH3 is 2. The van der Waals surface area contributed by atoms with Gasteiger partial charge in [0.2, 0.25) is 11.8 Å². The first-order valence-electron chi connectivity index (χ1n) is 8.40. The average Bonchev–Trinajstić information content (AvgIpc) is 2.81. The van der Waals surface area contributed by atoms with Crippen molar-refractivity contribution in [3.05, 3.63) is 23.8 Å². The molecule has 0 atom stereocenters. The average molecular weight is 334 g/mol. The van der Waals surface area contributed by atoms with E-state index in [1.54, 1.807) is 19.1 Å². The Labute approximate surface area is 143 Å². The van der Waals surface area contributed by atoms with Crippen molar-refractivity contribution in [2.45, 2.75) is 38.6 Å². The largest absolute Gasteiger partial charge is 0.493 e. The Bertz CT molecular complexity index is 574. The standard InChI is InChI=1S/C18H26N2O4/c1-23-15-8-6-7-14(18(15)24-2)13-19-16(21)10-12-20-11-5-3-4-9-17(20)22/h6-8H,3-5,9-13H2,1-2H3,(H,19,21). The summed E-state index contributed by atoms with van der Waals surface area (Å²) in [4.78, 5) is 25.8. The molecule has 1 aliphatic rings. The fourth-order valence-corrected chi connectivity index (χ4v) is 2.89. The monoisotopic (exact) mass is 334 g/mol. The number of likely N-dealkylation sites (tertiary alicyclic amines) is 1. The van der Waals surface area contributed by atoms with Crippen molar-refractivity contribution in [2.75, 3.05) is 27.3 Å². The smallest absolute Gasteiger partial charge is 0.222 e. The summed E-state index contributed by atoms with van der Waals surface area (Å²) in [6.07, 6.45) is 3.98. The first-order valence-corrected chi connectivity index (χ1v) is 8.40. The summed E-state index contributed by atoms with van der Waals surface area (Å²) in [5.74, 6) is 1.36. The highest BCUT2D eigenvalue weighted by molar-refractivity contribution is 5.79. The molecule has 2 amide bonds. The zero-order valence-electron chi connectivity index (χ0n) is 14.5. The Morgan fingerprint density at radius 1 is 1.21 bits per heavy atom. The Morgan fingerprint density at radius 2 is 2.04 bits per heavy atom. The molecule has 0 saturated carbocycles.